The molecule has 0 unspecified atom stereocenters. The minimum atomic E-state index is -3.76. The first-order valence-corrected chi connectivity index (χ1v) is 7.67. The lowest BCUT2D eigenvalue weighted by Crippen LogP contribution is -2.17. The monoisotopic (exact) mass is 295 g/mol. The van der Waals surface area contributed by atoms with Crippen LogP contribution >= 0.6 is 0 Å². The number of nitrogens with one attached hydrogen (secondary N) is 3. The molecule has 0 radical (unpaired) electrons. The van der Waals surface area contributed by atoms with E-state index >= 15 is 0 Å². The van der Waals surface area contributed by atoms with Crippen LogP contribution in [-0.4, -0.2) is 30.1 Å². The van der Waals surface area contributed by atoms with Crippen LogP contribution in [0.25, 0.3) is 0 Å². The Bertz CT molecular complexity index is 689. The Hall–Kier alpha value is -2.09. The second-order valence-electron chi connectivity index (χ2n) is 4.30. The van der Waals surface area contributed by atoms with E-state index in [-0.39, 0.29) is 5.03 Å². The number of aryl methyl sites for hydroxylation is 2. The van der Waals surface area contributed by atoms with Gasteiger partial charge in [0.25, 0.3) is 10.0 Å². The molecule has 7 nitrogen and oxygen atoms in total. The van der Waals surface area contributed by atoms with Crippen molar-refractivity contribution >= 4 is 21.4 Å². The highest BCUT2D eigenvalue weighted by atomic mass is 32.2. The quantitative estimate of drug-likeness (QED) is 0.779. The first kappa shape index (κ1) is 14.3. The number of aromatic amines is 1. The number of sulfonamides is 1. The standard InChI is InChI=1S/C12H17N5O2S/c1-4-13-10-6-5-7-14-12(10)20(18,19)17-11-8(2)15-16-9(11)3/h5-7,13,17H,4H2,1-3H3,(H,15,16). The Kier molecular flexibility index (Phi) is 3.93. The molecule has 2 rings (SSSR count). The lowest BCUT2D eigenvalue weighted by atomic mass is 10.3. The summed E-state index contributed by atoms with van der Waals surface area (Å²) in [6.45, 7) is 5.98. The topological polar surface area (TPSA) is 99.8 Å². The van der Waals surface area contributed by atoms with Crippen molar-refractivity contribution in [3.05, 3.63) is 29.7 Å². The average molecular weight is 295 g/mol. The lowest BCUT2D eigenvalue weighted by Gasteiger charge is -2.11. The van der Waals surface area contributed by atoms with Gasteiger partial charge in [-0.25, -0.2) is 4.98 Å². The number of aromatic nitrogens is 3. The lowest BCUT2D eigenvalue weighted by molar-refractivity contribution is 0.598. The van der Waals surface area contributed by atoms with Gasteiger partial charge in [0.05, 0.1) is 22.8 Å². The molecule has 0 atom stereocenters. The number of hydrogen-bond acceptors (Lipinski definition) is 5. The van der Waals surface area contributed by atoms with Crippen LogP contribution in [0.4, 0.5) is 11.4 Å². The number of pyridine rings is 1. The van der Waals surface area contributed by atoms with Crippen molar-refractivity contribution in [2.45, 2.75) is 25.8 Å². The molecule has 108 valence electrons. The van der Waals surface area contributed by atoms with Crippen LogP contribution < -0.4 is 10.0 Å². The van der Waals surface area contributed by atoms with Gasteiger partial charge in [0, 0.05) is 12.7 Å². The highest BCUT2D eigenvalue weighted by Crippen LogP contribution is 2.24. The van der Waals surface area contributed by atoms with Crippen LogP contribution in [-0.2, 0) is 10.0 Å². The van der Waals surface area contributed by atoms with Gasteiger partial charge in [0.2, 0.25) is 0 Å². The number of hydrogen-bond donors (Lipinski definition) is 3. The summed E-state index contributed by atoms with van der Waals surface area (Å²) in [5.41, 5.74) is 2.18. The maximum absolute atomic E-state index is 12.4. The van der Waals surface area contributed by atoms with E-state index in [0.717, 1.165) is 0 Å². The Morgan fingerprint density at radius 3 is 2.70 bits per heavy atom. The van der Waals surface area contributed by atoms with Gasteiger partial charge in [-0.05, 0) is 32.9 Å². The summed E-state index contributed by atoms with van der Waals surface area (Å²) in [6, 6.07) is 3.37. The van der Waals surface area contributed by atoms with Crippen LogP contribution in [0.3, 0.4) is 0 Å². The Balaban J connectivity index is 2.41. The zero-order valence-electron chi connectivity index (χ0n) is 11.6. The summed E-state index contributed by atoms with van der Waals surface area (Å²) in [7, 11) is -3.76. The Morgan fingerprint density at radius 1 is 1.35 bits per heavy atom. The molecule has 0 aromatic carbocycles. The Morgan fingerprint density at radius 2 is 2.10 bits per heavy atom. The van der Waals surface area contributed by atoms with Gasteiger partial charge in [-0.3, -0.25) is 9.82 Å². The Labute approximate surface area is 117 Å². The summed E-state index contributed by atoms with van der Waals surface area (Å²) < 4.78 is 27.4. The maximum Gasteiger partial charge on any atom is 0.281 e. The molecule has 3 N–H and O–H groups in total. The van der Waals surface area contributed by atoms with Crippen LogP contribution in [0, 0.1) is 13.8 Å². The van der Waals surface area contributed by atoms with Gasteiger partial charge in [0.15, 0.2) is 5.03 Å². The molecular formula is C12H17N5O2S. The highest BCUT2D eigenvalue weighted by Gasteiger charge is 2.22. The first-order valence-electron chi connectivity index (χ1n) is 6.19. The van der Waals surface area contributed by atoms with E-state index in [0.29, 0.717) is 29.3 Å². The molecule has 0 amide bonds. The fourth-order valence-corrected chi connectivity index (χ4v) is 3.11. The second kappa shape index (κ2) is 5.49. The zero-order valence-corrected chi connectivity index (χ0v) is 12.4. The van der Waals surface area contributed by atoms with Crippen molar-refractivity contribution in [2.75, 3.05) is 16.6 Å². The largest absolute Gasteiger partial charge is 0.383 e. The van der Waals surface area contributed by atoms with Crippen molar-refractivity contribution in [1.29, 1.82) is 0 Å². The zero-order chi connectivity index (χ0) is 14.8. The maximum atomic E-state index is 12.4. The van der Waals surface area contributed by atoms with E-state index in [9.17, 15) is 8.42 Å². The normalized spacial score (nSPS) is 11.3. The van der Waals surface area contributed by atoms with Gasteiger partial charge in [-0.2, -0.15) is 13.5 Å². The highest BCUT2D eigenvalue weighted by molar-refractivity contribution is 7.92. The van der Waals surface area contributed by atoms with Crippen molar-refractivity contribution in [1.82, 2.24) is 15.2 Å². The first-order chi connectivity index (χ1) is 9.45. The number of rotatable bonds is 5. The van der Waals surface area contributed by atoms with Crippen LogP contribution in [0.5, 0.6) is 0 Å². The molecule has 0 fully saturated rings. The predicted octanol–water partition coefficient (Wildman–Crippen LogP) is 1.65. The van der Waals surface area contributed by atoms with E-state index in [2.05, 4.69) is 25.2 Å². The van der Waals surface area contributed by atoms with E-state index in [1.807, 2.05) is 6.92 Å². The molecule has 0 aliphatic heterocycles. The molecule has 0 spiro atoms. The van der Waals surface area contributed by atoms with E-state index < -0.39 is 10.0 Å². The van der Waals surface area contributed by atoms with Crippen LogP contribution in [0.2, 0.25) is 0 Å². The van der Waals surface area contributed by atoms with Crippen LogP contribution in [0.15, 0.2) is 23.4 Å². The molecule has 20 heavy (non-hydrogen) atoms. The minimum absolute atomic E-state index is 0.0261. The molecule has 0 saturated carbocycles. The minimum Gasteiger partial charge on any atom is -0.383 e. The number of H-pyrrole nitrogens is 1. The summed E-state index contributed by atoms with van der Waals surface area (Å²) in [4.78, 5) is 3.97. The molecule has 2 aromatic rings. The van der Waals surface area contributed by atoms with E-state index in [1.165, 1.54) is 6.20 Å². The van der Waals surface area contributed by atoms with Gasteiger partial charge in [-0.1, -0.05) is 0 Å². The smallest absolute Gasteiger partial charge is 0.281 e. The van der Waals surface area contributed by atoms with Crippen molar-refractivity contribution in [3.63, 3.8) is 0 Å². The van der Waals surface area contributed by atoms with Crippen molar-refractivity contribution in [3.8, 4) is 0 Å². The summed E-state index contributed by atoms with van der Waals surface area (Å²) >= 11 is 0. The number of nitrogens with zero attached hydrogens (tertiary/aromatic N) is 2. The molecule has 2 heterocycles. The van der Waals surface area contributed by atoms with E-state index in [1.54, 1.807) is 26.0 Å². The molecule has 0 aliphatic rings. The summed E-state index contributed by atoms with van der Waals surface area (Å²) in [5.74, 6) is 0. The molecule has 0 bridgehead atoms. The van der Waals surface area contributed by atoms with Crippen molar-refractivity contribution < 1.29 is 8.42 Å². The van der Waals surface area contributed by atoms with Crippen molar-refractivity contribution in [2.24, 2.45) is 0 Å². The molecule has 0 aliphatic carbocycles. The third-order valence-electron chi connectivity index (χ3n) is 2.76. The third-order valence-corrected chi connectivity index (χ3v) is 4.06. The van der Waals surface area contributed by atoms with Gasteiger partial charge >= 0.3 is 0 Å². The molecule has 0 saturated heterocycles. The average Bonchev–Trinajstić information content (AvgIpc) is 2.71. The fraction of sp³-hybridized carbons (Fsp3) is 0.333. The number of anilines is 2. The summed E-state index contributed by atoms with van der Waals surface area (Å²) in [5, 5.41) is 9.66. The van der Waals surface area contributed by atoms with Crippen LogP contribution in [0.1, 0.15) is 18.3 Å². The molecule has 8 heteroatoms. The van der Waals surface area contributed by atoms with Gasteiger partial charge in [-0.15, -0.1) is 0 Å². The van der Waals surface area contributed by atoms with E-state index in [4.69, 9.17) is 0 Å². The predicted molar refractivity (Wildman–Crippen MR) is 77.3 cm³/mol. The van der Waals surface area contributed by atoms with Gasteiger partial charge < -0.3 is 5.32 Å². The molecule has 2 aromatic heterocycles. The molecular weight excluding hydrogens is 278 g/mol. The SMILES string of the molecule is CCNc1cccnc1S(=O)(=O)Nc1c(C)n[nH]c1C. The third kappa shape index (κ3) is 2.74. The second-order valence-corrected chi connectivity index (χ2v) is 5.90. The van der Waals surface area contributed by atoms with Gasteiger partial charge in [0.1, 0.15) is 0 Å². The summed E-state index contributed by atoms with van der Waals surface area (Å²) in [6.07, 6.45) is 1.45. The fourth-order valence-electron chi connectivity index (χ4n) is 1.81.